The smallest absolute Gasteiger partial charge is 0.324 e. The maximum Gasteiger partial charge on any atom is 0.324 e. The second-order valence-corrected chi connectivity index (χ2v) is 4.95. The number of hydrogen-bond acceptors (Lipinski definition) is 5. The van der Waals surface area contributed by atoms with E-state index >= 15 is 0 Å². The first-order valence-electron chi connectivity index (χ1n) is 4.80. The van der Waals surface area contributed by atoms with Gasteiger partial charge in [0.1, 0.15) is 18.4 Å². The molecule has 0 saturated heterocycles. The van der Waals surface area contributed by atoms with E-state index in [0.717, 1.165) is 5.56 Å². The van der Waals surface area contributed by atoms with Gasteiger partial charge in [-0.2, -0.15) is 8.42 Å². The number of nitrogens with two attached hydrogens (primary N) is 1. The number of ether oxygens (including phenoxy) is 1. The lowest BCUT2D eigenvalue weighted by Crippen LogP contribution is -2.38. The monoisotopic (exact) mass is 259 g/mol. The Kier molecular flexibility index (Phi) is 4.62. The Morgan fingerprint density at radius 3 is 2.47 bits per heavy atom. The fraction of sp³-hybridized carbons (Fsp3) is 0.300. The van der Waals surface area contributed by atoms with E-state index in [4.69, 9.17) is 15.0 Å². The molecule has 7 heteroatoms. The van der Waals surface area contributed by atoms with Gasteiger partial charge in [-0.3, -0.25) is 9.35 Å². The Balaban J connectivity index is 2.45. The molecule has 0 radical (unpaired) electrons. The van der Waals surface area contributed by atoms with Gasteiger partial charge in [-0.15, -0.1) is 0 Å². The number of benzene rings is 1. The molecule has 6 nitrogen and oxygen atoms in total. The van der Waals surface area contributed by atoms with Crippen LogP contribution in [0.3, 0.4) is 0 Å². The number of carbonyl (C=O) groups is 1. The highest BCUT2D eigenvalue weighted by Crippen LogP contribution is 2.02. The van der Waals surface area contributed by atoms with Gasteiger partial charge in [0.25, 0.3) is 10.1 Å². The molecule has 0 amide bonds. The molecule has 1 aromatic rings. The van der Waals surface area contributed by atoms with E-state index in [0.29, 0.717) is 0 Å². The van der Waals surface area contributed by atoms with Gasteiger partial charge in [-0.25, -0.2) is 0 Å². The third kappa shape index (κ3) is 5.43. The highest BCUT2D eigenvalue weighted by Gasteiger charge is 2.21. The van der Waals surface area contributed by atoms with Crippen molar-refractivity contribution < 1.29 is 22.5 Å². The van der Waals surface area contributed by atoms with Crippen molar-refractivity contribution in [1.82, 2.24) is 0 Å². The van der Waals surface area contributed by atoms with Crippen molar-refractivity contribution in [3.05, 3.63) is 35.9 Å². The van der Waals surface area contributed by atoms with Gasteiger partial charge in [-0.05, 0) is 5.56 Å². The standard InChI is InChI=1S/C10H13NO5S/c11-9(7-17(13,14)15)10(12)16-6-8-4-2-1-3-5-8/h1-5,9H,6-7,11H2,(H,13,14,15). The average Bonchev–Trinajstić information content (AvgIpc) is 2.25. The largest absolute Gasteiger partial charge is 0.460 e. The van der Waals surface area contributed by atoms with Crippen molar-refractivity contribution in [2.45, 2.75) is 12.6 Å². The Morgan fingerprint density at radius 1 is 1.35 bits per heavy atom. The number of esters is 1. The van der Waals surface area contributed by atoms with Crippen LogP contribution in [0.4, 0.5) is 0 Å². The zero-order valence-electron chi connectivity index (χ0n) is 8.94. The highest BCUT2D eigenvalue weighted by atomic mass is 32.2. The Bertz CT molecular complexity index is 471. The summed E-state index contributed by atoms with van der Waals surface area (Å²) in [6.45, 7) is 0.0127. The molecular weight excluding hydrogens is 246 g/mol. The van der Waals surface area contributed by atoms with E-state index in [1.165, 1.54) is 0 Å². The van der Waals surface area contributed by atoms with E-state index in [1.54, 1.807) is 24.3 Å². The molecule has 0 aliphatic heterocycles. The van der Waals surface area contributed by atoms with Crippen LogP contribution >= 0.6 is 0 Å². The average molecular weight is 259 g/mol. The summed E-state index contributed by atoms with van der Waals surface area (Å²) in [6, 6.07) is 7.50. The van der Waals surface area contributed by atoms with Crippen molar-refractivity contribution in [2.75, 3.05) is 5.75 Å². The maximum absolute atomic E-state index is 11.3. The highest BCUT2D eigenvalue weighted by molar-refractivity contribution is 7.85. The quantitative estimate of drug-likeness (QED) is 0.567. The predicted octanol–water partition coefficient (Wildman–Crippen LogP) is -0.0551. The molecule has 1 unspecified atom stereocenters. The van der Waals surface area contributed by atoms with Gasteiger partial charge in [0, 0.05) is 0 Å². The van der Waals surface area contributed by atoms with Crippen LogP contribution < -0.4 is 5.73 Å². The Morgan fingerprint density at radius 2 is 1.94 bits per heavy atom. The van der Waals surface area contributed by atoms with Crippen LogP contribution in [0, 0.1) is 0 Å². The summed E-state index contributed by atoms with van der Waals surface area (Å²) in [6.07, 6.45) is 0. The minimum atomic E-state index is -4.28. The van der Waals surface area contributed by atoms with E-state index in [-0.39, 0.29) is 6.61 Å². The molecule has 0 saturated carbocycles. The lowest BCUT2D eigenvalue weighted by molar-refractivity contribution is -0.146. The van der Waals surface area contributed by atoms with Crippen molar-refractivity contribution in [2.24, 2.45) is 5.73 Å². The summed E-state index contributed by atoms with van der Waals surface area (Å²) >= 11 is 0. The summed E-state index contributed by atoms with van der Waals surface area (Å²) < 4.78 is 34.3. The third-order valence-corrected chi connectivity index (χ3v) is 2.70. The number of hydrogen-bond donors (Lipinski definition) is 2. The molecule has 17 heavy (non-hydrogen) atoms. The topological polar surface area (TPSA) is 107 Å². The summed E-state index contributed by atoms with van der Waals surface area (Å²) in [5.41, 5.74) is 6.02. The maximum atomic E-state index is 11.3. The van der Waals surface area contributed by atoms with Crippen molar-refractivity contribution in [3.8, 4) is 0 Å². The molecule has 0 spiro atoms. The zero-order valence-corrected chi connectivity index (χ0v) is 9.76. The van der Waals surface area contributed by atoms with E-state index in [2.05, 4.69) is 0 Å². The third-order valence-electron chi connectivity index (χ3n) is 1.92. The molecule has 0 aliphatic carbocycles. The van der Waals surface area contributed by atoms with E-state index < -0.39 is 27.9 Å². The van der Waals surface area contributed by atoms with Gasteiger partial charge < -0.3 is 10.5 Å². The van der Waals surface area contributed by atoms with Gasteiger partial charge in [0.05, 0.1) is 0 Å². The molecule has 1 rings (SSSR count). The fourth-order valence-corrected chi connectivity index (χ4v) is 1.72. The van der Waals surface area contributed by atoms with Crippen molar-refractivity contribution >= 4 is 16.1 Å². The zero-order chi connectivity index (χ0) is 12.9. The lowest BCUT2D eigenvalue weighted by atomic mass is 10.2. The van der Waals surface area contributed by atoms with Crippen LogP contribution in [0.5, 0.6) is 0 Å². The van der Waals surface area contributed by atoms with Gasteiger partial charge in [0.2, 0.25) is 0 Å². The molecule has 0 aromatic heterocycles. The molecular formula is C10H13NO5S. The van der Waals surface area contributed by atoms with Crippen LogP contribution in [-0.4, -0.2) is 30.7 Å². The summed E-state index contributed by atoms with van der Waals surface area (Å²) in [7, 11) is -4.28. The van der Waals surface area contributed by atoms with E-state index in [1.807, 2.05) is 6.07 Å². The molecule has 0 bridgehead atoms. The van der Waals surface area contributed by atoms with Crippen LogP contribution in [0.15, 0.2) is 30.3 Å². The second kappa shape index (κ2) is 5.76. The number of rotatable bonds is 5. The van der Waals surface area contributed by atoms with Gasteiger partial charge in [0.15, 0.2) is 0 Å². The normalized spacial score (nSPS) is 13.1. The van der Waals surface area contributed by atoms with Crippen LogP contribution in [-0.2, 0) is 26.3 Å². The SMILES string of the molecule is NC(CS(=O)(=O)O)C(=O)OCc1ccccc1. The first-order chi connectivity index (χ1) is 7.88. The molecule has 1 atom stereocenters. The molecule has 0 aliphatic rings. The minimum Gasteiger partial charge on any atom is -0.460 e. The molecule has 94 valence electrons. The first kappa shape index (κ1) is 13.6. The van der Waals surface area contributed by atoms with Gasteiger partial charge in [-0.1, -0.05) is 30.3 Å². The molecule has 3 N–H and O–H groups in total. The lowest BCUT2D eigenvalue weighted by Gasteiger charge is -2.09. The molecule has 0 fully saturated rings. The predicted molar refractivity (Wildman–Crippen MR) is 60.6 cm³/mol. The van der Waals surface area contributed by atoms with Gasteiger partial charge >= 0.3 is 5.97 Å². The number of carbonyl (C=O) groups excluding carboxylic acids is 1. The van der Waals surface area contributed by atoms with Crippen LogP contribution in [0.2, 0.25) is 0 Å². The fourth-order valence-electron chi connectivity index (χ4n) is 1.13. The van der Waals surface area contributed by atoms with Crippen molar-refractivity contribution in [3.63, 3.8) is 0 Å². The van der Waals surface area contributed by atoms with E-state index in [9.17, 15) is 13.2 Å². The summed E-state index contributed by atoms with van der Waals surface area (Å²) in [4.78, 5) is 11.3. The Hall–Kier alpha value is -1.44. The summed E-state index contributed by atoms with van der Waals surface area (Å²) in [5, 5.41) is 0. The first-order valence-corrected chi connectivity index (χ1v) is 6.41. The molecule has 1 aromatic carbocycles. The Labute approximate surface area is 99.1 Å². The molecule has 0 heterocycles. The minimum absolute atomic E-state index is 0.0127. The van der Waals surface area contributed by atoms with Crippen LogP contribution in [0.1, 0.15) is 5.56 Å². The van der Waals surface area contributed by atoms with Crippen LogP contribution in [0.25, 0.3) is 0 Å². The summed E-state index contributed by atoms with van der Waals surface area (Å²) in [5.74, 6) is -1.72. The second-order valence-electron chi connectivity index (χ2n) is 3.45. The van der Waals surface area contributed by atoms with Crippen molar-refractivity contribution in [1.29, 1.82) is 0 Å².